The molecule has 0 radical (unpaired) electrons. The van der Waals surface area contributed by atoms with Gasteiger partial charge in [0, 0.05) is 45.4 Å². The summed E-state index contributed by atoms with van der Waals surface area (Å²) in [4.78, 5) is 41.7. The van der Waals surface area contributed by atoms with Gasteiger partial charge in [0.15, 0.2) is 5.78 Å². The predicted octanol–water partition coefficient (Wildman–Crippen LogP) is 5.83. The van der Waals surface area contributed by atoms with Crippen molar-refractivity contribution in [2.24, 2.45) is 5.92 Å². The van der Waals surface area contributed by atoms with E-state index in [1.54, 1.807) is 12.1 Å². The van der Waals surface area contributed by atoms with Crippen molar-refractivity contribution >= 4 is 39.0 Å². The van der Waals surface area contributed by atoms with Crippen LogP contribution < -0.4 is 5.32 Å². The molecule has 1 spiro atoms. The molecule has 2 saturated heterocycles. The van der Waals surface area contributed by atoms with Gasteiger partial charge in [0.05, 0.1) is 10.8 Å². The first-order chi connectivity index (χ1) is 17.9. The number of benzene rings is 3. The average molecular weight is 560 g/mol. The fraction of sp³-hybridized carbons (Fsp3) is 0.310. The van der Waals surface area contributed by atoms with Crippen LogP contribution in [0.2, 0.25) is 0 Å². The second kappa shape index (κ2) is 8.89. The van der Waals surface area contributed by atoms with Gasteiger partial charge in [-0.05, 0) is 55.1 Å². The number of rotatable bonds is 5. The average Bonchev–Trinajstić information content (AvgIpc) is 3.57. The molecule has 2 fully saturated rings. The first-order valence-corrected chi connectivity index (χ1v) is 13.4. The highest BCUT2D eigenvalue weighted by Crippen LogP contribution is 2.61. The number of fused-ring (bicyclic) bond motifs is 4. The first-order valence-electron chi connectivity index (χ1n) is 12.6. The van der Waals surface area contributed by atoms with Crippen molar-refractivity contribution < 1.29 is 14.5 Å². The van der Waals surface area contributed by atoms with E-state index < -0.39 is 16.4 Å². The minimum Gasteiger partial charge on any atom is -0.324 e. The Bertz CT molecular complexity index is 1420. The Labute approximate surface area is 223 Å². The number of Topliss-reactive ketones (excluding diaryl/α,β-unsaturated/α-hetero) is 1. The van der Waals surface area contributed by atoms with E-state index in [9.17, 15) is 19.7 Å². The van der Waals surface area contributed by atoms with Crippen LogP contribution in [-0.2, 0) is 16.8 Å². The standard InChI is InChI=1S/C29H26BrN3O4/c1-2-17-5-7-19(8-6-17)27(34)26-25(18-9-12-21(13-10-18)33(36)37)24-4-3-15-32(24)29(26)22-16-20(30)11-14-23(22)31-28(29)35/h5-14,16,24-26H,2-4,15H2,1H3,(H,31,35)/t24?,25?,26?,29-/m1/s1. The minimum absolute atomic E-state index is 0.00524. The summed E-state index contributed by atoms with van der Waals surface area (Å²) in [5.74, 6) is -1.25. The molecule has 188 valence electrons. The van der Waals surface area contributed by atoms with Gasteiger partial charge in [-0.15, -0.1) is 0 Å². The van der Waals surface area contributed by atoms with Gasteiger partial charge in [-0.25, -0.2) is 0 Å². The molecule has 7 nitrogen and oxygen atoms in total. The summed E-state index contributed by atoms with van der Waals surface area (Å²) in [7, 11) is 0. The third-order valence-electron chi connectivity index (χ3n) is 8.38. The third-order valence-corrected chi connectivity index (χ3v) is 8.87. The molecule has 0 aliphatic carbocycles. The molecule has 0 aromatic heterocycles. The normalized spacial score (nSPS) is 26.2. The van der Waals surface area contributed by atoms with Crippen molar-refractivity contribution in [2.45, 2.75) is 43.7 Å². The summed E-state index contributed by atoms with van der Waals surface area (Å²) < 4.78 is 0.843. The molecule has 8 heteroatoms. The molecule has 0 saturated carbocycles. The van der Waals surface area contributed by atoms with Gasteiger partial charge in [-0.1, -0.05) is 59.3 Å². The van der Waals surface area contributed by atoms with E-state index in [2.05, 4.69) is 33.1 Å². The lowest BCUT2D eigenvalue weighted by Crippen LogP contribution is -2.52. The van der Waals surface area contributed by atoms with E-state index in [0.29, 0.717) is 12.1 Å². The Kier molecular flexibility index (Phi) is 5.76. The lowest BCUT2D eigenvalue weighted by Gasteiger charge is -2.37. The number of nitrogens with zero attached hydrogens (tertiary/aromatic N) is 2. The largest absolute Gasteiger partial charge is 0.324 e. The Balaban J connectivity index is 1.58. The molecule has 4 atom stereocenters. The Morgan fingerprint density at radius 3 is 2.54 bits per heavy atom. The molecule has 6 rings (SSSR count). The van der Waals surface area contributed by atoms with E-state index in [1.165, 1.54) is 12.1 Å². The lowest BCUT2D eigenvalue weighted by atomic mass is 9.68. The lowest BCUT2D eigenvalue weighted by molar-refractivity contribution is -0.384. The number of ketones is 1. The fourth-order valence-corrected chi connectivity index (χ4v) is 7.17. The van der Waals surface area contributed by atoms with Crippen molar-refractivity contribution in [3.63, 3.8) is 0 Å². The number of hydrogen-bond donors (Lipinski definition) is 1. The molecule has 3 aliphatic heterocycles. The monoisotopic (exact) mass is 559 g/mol. The summed E-state index contributed by atoms with van der Waals surface area (Å²) in [5, 5.41) is 14.4. The van der Waals surface area contributed by atoms with Crippen molar-refractivity contribution in [2.75, 3.05) is 11.9 Å². The van der Waals surface area contributed by atoms with Crippen LogP contribution in [0.4, 0.5) is 11.4 Å². The van der Waals surface area contributed by atoms with Crippen LogP contribution in [0.25, 0.3) is 0 Å². The van der Waals surface area contributed by atoms with Gasteiger partial charge in [0.25, 0.3) is 5.69 Å². The van der Waals surface area contributed by atoms with E-state index >= 15 is 0 Å². The zero-order valence-electron chi connectivity index (χ0n) is 20.3. The number of nitrogens with one attached hydrogen (secondary N) is 1. The van der Waals surface area contributed by atoms with E-state index in [4.69, 9.17) is 0 Å². The second-order valence-electron chi connectivity index (χ2n) is 10.1. The summed E-state index contributed by atoms with van der Waals surface area (Å²) >= 11 is 3.58. The maximum absolute atomic E-state index is 14.5. The van der Waals surface area contributed by atoms with Gasteiger partial charge in [-0.2, -0.15) is 0 Å². The smallest absolute Gasteiger partial charge is 0.269 e. The van der Waals surface area contributed by atoms with Gasteiger partial charge in [-0.3, -0.25) is 24.6 Å². The van der Waals surface area contributed by atoms with Crippen LogP contribution in [-0.4, -0.2) is 34.1 Å². The highest BCUT2D eigenvalue weighted by molar-refractivity contribution is 9.10. The Hall–Kier alpha value is -3.36. The number of aryl methyl sites for hydroxylation is 1. The van der Waals surface area contributed by atoms with Crippen LogP contribution in [0, 0.1) is 16.0 Å². The highest BCUT2D eigenvalue weighted by Gasteiger charge is 2.69. The van der Waals surface area contributed by atoms with Gasteiger partial charge in [0.2, 0.25) is 5.91 Å². The molecule has 1 amide bonds. The Morgan fingerprint density at radius 1 is 1.14 bits per heavy atom. The molecule has 3 aromatic carbocycles. The molecule has 37 heavy (non-hydrogen) atoms. The quantitative estimate of drug-likeness (QED) is 0.241. The van der Waals surface area contributed by atoms with Gasteiger partial charge in [0.1, 0.15) is 5.54 Å². The molecular weight excluding hydrogens is 534 g/mol. The molecule has 3 unspecified atom stereocenters. The third kappa shape index (κ3) is 3.49. The topological polar surface area (TPSA) is 92.5 Å². The number of nitro benzene ring substituents is 1. The summed E-state index contributed by atoms with van der Waals surface area (Å²) in [6.45, 7) is 2.77. The molecule has 3 heterocycles. The molecule has 1 N–H and O–H groups in total. The van der Waals surface area contributed by atoms with Crippen LogP contribution in [0.5, 0.6) is 0 Å². The maximum Gasteiger partial charge on any atom is 0.269 e. The zero-order valence-corrected chi connectivity index (χ0v) is 21.9. The molecular formula is C29H26BrN3O4. The molecule has 3 aromatic rings. The first kappa shape index (κ1) is 24.0. The zero-order chi connectivity index (χ0) is 25.9. The van der Waals surface area contributed by atoms with Crippen molar-refractivity contribution in [3.05, 3.63) is 104 Å². The predicted molar refractivity (Wildman–Crippen MR) is 144 cm³/mol. The minimum atomic E-state index is -1.16. The van der Waals surface area contributed by atoms with Crippen molar-refractivity contribution in [1.82, 2.24) is 4.90 Å². The SMILES string of the molecule is CCc1ccc(C(=O)C2C(c3ccc([N+](=O)[O-])cc3)C3CCCN3[C@@]23C(=O)Nc2ccc(Br)cc23)cc1. The van der Waals surface area contributed by atoms with Crippen molar-refractivity contribution in [3.8, 4) is 0 Å². The second-order valence-corrected chi connectivity index (χ2v) is 11.0. The van der Waals surface area contributed by atoms with E-state index in [-0.39, 0.29) is 29.3 Å². The highest BCUT2D eigenvalue weighted by atomic mass is 79.9. The number of carbonyl (C=O) groups excluding carboxylic acids is 2. The van der Waals surface area contributed by atoms with Gasteiger partial charge >= 0.3 is 0 Å². The summed E-state index contributed by atoms with van der Waals surface area (Å²) in [6.07, 6.45) is 2.63. The number of non-ortho nitro benzene ring substituents is 1. The number of hydrogen-bond acceptors (Lipinski definition) is 5. The Morgan fingerprint density at radius 2 is 1.86 bits per heavy atom. The number of anilines is 1. The number of amides is 1. The molecule has 0 bridgehead atoms. The maximum atomic E-state index is 14.5. The van der Waals surface area contributed by atoms with Crippen LogP contribution in [0.1, 0.15) is 52.7 Å². The fourth-order valence-electron chi connectivity index (χ4n) is 6.81. The van der Waals surface area contributed by atoms with Gasteiger partial charge < -0.3 is 5.32 Å². The van der Waals surface area contributed by atoms with Crippen molar-refractivity contribution in [1.29, 1.82) is 0 Å². The number of carbonyl (C=O) groups is 2. The van der Waals surface area contributed by atoms with Crippen LogP contribution in [0.3, 0.4) is 0 Å². The summed E-state index contributed by atoms with van der Waals surface area (Å²) in [6, 6.07) is 19.9. The van der Waals surface area contributed by atoms with E-state index in [0.717, 1.165) is 46.1 Å². The van der Waals surface area contributed by atoms with Crippen LogP contribution >= 0.6 is 15.9 Å². The van der Waals surface area contributed by atoms with Crippen LogP contribution in [0.15, 0.2) is 71.2 Å². The number of nitro groups is 1. The molecule has 3 aliphatic rings. The summed E-state index contributed by atoms with van der Waals surface area (Å²) in [5.41, 5.74) is 2.94. The van der Waals surface area contributed by atoms with E-state index in [1.807, 2.05) is 42.5 Å². The number of halogens is 1.